The van der Waals surface area contributed by atoms with Crippen molar-refractivity contribution < 1.29 is 0 Å². The number of hydrogen-bond acceptors (Lipinski definition) is 1. The van der Waals surface area contributed by atoms with E-state index in [0.717, 1.165) is 23.3 Å². The molecule has 0 heterocycles. The first-order valence-corrected chi connectivity index (χ1v) is 15.8. The molecule has 0 saturated heterocycles. The molecule has 6 aromatic rings. The van der Waals surface area contributed by atoms with Crippen molar-refractivity contribution in [3.63, 3.8) is 0 Å². The third-order valence-electron chi connectivity index (χ3n) is 7.82. The van der Waals surface area contributed by atoms with Gasteiger partial charge in [-0.15, -0.1) is 0 Å². The maximum atomic E-state index is 5.74. The predicted octanol–water partition coefficient (Wildman–Crippen LogP) is 13.1. The van der Waals surface area contributed by atoms with Gasteiger partial charge in [-0.05, 0) is 86.0 Å². The van der Waals surface area contributed by atoms with Crippen molar-refractivity contribution in [1.29, 1.82) is 0 Å². The molecule has 0 aromatic heterocycles. The number of nitrogens with zero attached hydrogens (tertiary/aromatic N) is 1. The molecule has 0 aliphatic heterocycles. The molecule has 0 aliphatic rings. The monoisotopic (exact) mass is 595 g/mol. The molecule has 0 fully saturated rings. The molecule has 1 nitrogen and oxygen atoms in total. The lowest BCUT2D eigenvalue weighted by Gasteiger charge is -2.12. The van der Waals surface area contributed by atoms with Crippen LogP contribution in [0.2, 0.25) is 0 Å². The molecular weight excluding hydrogens is 554 g/mol. The van der Waals surface area contributed by atoms with Gasteiger partial charge in [0.25, 0.3) is 0 Å². The minimum atomic E-state index is 0.342. The normalized spacial score (nSPS) is 11.7. The van der Waals surface area contributed by atoms with E-state index >= 15 is 0 Å². The van der Waals surface area contributed by atoms with Gasteiger partial charge in [-0.25, -0.2) is 4.99 Å². The molecule has 0 bridgehead atoms. The number of aliphatic imine (C=N–C) groups is 1. The predicted molar refractivity (Wildman–Crippen MR) is 198 cm³/mol. The van der Waals surface area contributed by atoms with Crippen LogP contribution >= 0.6 is 11.6 Å². The van der Waals surface area contributed by atoms with Crippen molar-refractivity contribution in [2.45, 2.75) is 41.0 Å². The second kappa shape index (κ2) is 15.3. The van der Waals surface area contributed by atoms with Gasteiger partial charge in [0.2, 0.25) is 0 Å². The van der Waals surface area contributed by atoms with E-state index in [1.54, 1.807) is 0 Å². The van der Waals surface area contributed by atoms with Gasteiger partial charge in [0.15, 0.2) is 0 Å². The summed E-state index contributed by atoms with van der Waals surface area (Å²) in [6.45, 7) is 18.0. The van der Waals surface area contributed by atoms with Crippen LogP contribution in [-0.4, -0.2) is 5.71 Å². The average molecular weight is 596 g/mol. The van der Waals surface area contributed by atoms with Crippen molar-refractivity contribution in [2.75, 3.05) is 0 Å². The van der Waals surface area contributed by atoms with Crippen molar-refractivity contribution in [3.8, 4) is 11.1 Å². The molecule has 0 N–H and O–H groups in total. The smallest absolute Gasteiger partial charge is 0.122 e. The molecule has 1 atom stereocenters. The van der Waals surface area contributed by atoms with Crippen LogP contribution in [0.15, 0.2) is 145 Å². The molecule has 0 spiro atoms. The van der Waals surface area contributed by atoms with E-state index in [4.69, 9.17) is 11.6 Å². The van der Waals surface area contributed by atoms with Gasteiger partial charge >= 0.3 is 0 Å². The second-order valence-electron chi connectivity index (χ2n) is 10.8. The summed E-state index contributed by atoms with van der Waals surface area (Å²) in [5, 5.41) is 8.21. The summed E-state index contributed by atoms with van der Waals surface area (Å²) in [5.41, 5.74) is 6.89. The van der Waals surface area contributed by atoms with E-state index in [2.05, 4.69) is 130 Å². The number of halogens is 1. The highest BCUT2D eigenvalue weighted by molar-refractivity contribution is 6.30. The summed E-state index contributed by atoms with van der Waals surface area (Å²) in [5.74, 6) is 0.392. The topological polar surface area (TPSA) is 12.4 Å². The largest absolute Gasteiger partial charge is 0.241 e. The molecule has 2 heteroatoms. The van der Waals surface area contributed by atoms with E-state index < -0.39 is 0 Å². The Morgan fingerprint density at radius 2 is 1.09 bits per heavy atom. The zero-order chi connectivity index (χ0) is 31.6. The van der Waals surface area contributed by atoms with Crippen molar-refractivity contribution in [2.24, 2.45) is 10.9 Å². The van der Waals surface area contributed by atoms with Crippen LogP contribution < -0.4 is 0 Å². The van der Waals surface area contributed by atoms with Gasteiger partial charge in [0.05, 0.1) is 5.71 Å². The maximum absolute atomic E-state index is 5.74. The summed E-state index contributed by atoms with van der Waals surface area (Å²) in [6, 6.07) is 43.0. The summed E-state index contributed by atoms with van der Waals surface area (Å²) < 4.78 is 0. The number of fused-ring (bicyclic) bond motifs is 6. The van der Waals surface area contributed by atoms with E-state index in [-0.39, 0.29) is 0 Å². The SMILES string of the molecule is C=C(C)c1cccc(-c2ccc3c4ccccc4c4ccccc4c3c2)c1.C=C(Cl)/N=C(/c1ccccc1)C(C)CC.CC. The standard InChI is InChI=1S/C27H20.C13H16ClN.C2H6/c1-18(2)19-8-7-9-20(16-19)21-14-15-26-24-12-4-3-10-22(24)23-11-5-6-13-25(23)27(26)17-21;1-4-10(2)13(15-11(3)14)12-8-6-5-7-9-12;1-2/h3-17H,1H2,2H3;5-10H,3-4H2,1-2H3;1-2H3/b;15-13+;. The Balaban J connectivity index is 0.000000222. The van der Waals surface area contributed by atoms with E-state index in [1.807, 2.05) is 44.2 Å². The van der Waals surface area contributed by atoms with Gasteiger partial charge in [-0.1, -0.05) is 167 Å². The van der Waals surface area contributed by atoms with E-state index in [1.165, 1.54) is 49.0 Å². The maximum Gasteiger partial charge on any atom is 0.122 e. The Hall–Kier alpha value is -4.46. The lowest BCUT2D eigenvalue weighted by molar-refractivity contribution is 0.740. The second-order valence-corrected chi connectivity index (χ2v) is 11.2. The van der Waals surface area contributed by atoms with Crippen LogP contribution in [0.25, 0.3) is 49.0 Å². The fourth-order valence-corrected chi connectivity index (χ4v) is 5.53. The van der Waals surface area contributed by atoms with Crippen LogP contribution in [0, 0.1) is 5.92 Å². The molecular formula is C42H42ClN. The van der Waals surface area contributed by atoms with Crippen molar-refractivity contribution in [1.82, 2.24) is 0 Å². The third kappa shape index (κ3) is 7.36. The number of benzene rings is 6. The van der Waals surface area contributed by atoms with Gasteiger partial charge in [-0.2, -0.15) is 0 Å². The molecule has 0 saturated carbocycles. The quantitative estimate of drug-likeness (QED) is 0.103. The molecule has 6 aromatic carbocycles. The van der Waals surface area contributed by atoms with E-state index in [9.17, 15) is 0 Å². The highest BCUT2D eigenvalue weighted by Crippen LogP contribution is 2.37. The van der Waals surface area contributed by atoms with Crippen LogP contribution in [0.3, 0.4) is 0 Å². The zero-order valence-corrected chi connectivity index (χ0v) is 27.3. The molecule has 0 aliphatic carbocycles. The summed E-state index contributed by atoms with van der Waals surface area (Å²) >= 11 is 5.74. The summed E-state index contributed by atoms with van der Waals surface area (Å²) in [7, 11) is 0. The van der Waals surface area contributed by atoms with Crippen LogP contribution in [-0.2, 0) is 0 Å². The van der Waals surface area contributed by atoms with Gasteiger partial charge in [0, 0.05) is 0 Å². The highest BCUT2D eigenvalue weighted by Gasteiger charge is 2.11. The van der Waals surface area contributed by atoms with E-state index in [0.29, 0.717) is 11.1 Å². The molecule has 0 amide bonds. The first-order chi connectivity index (χ1) is 21.4. The minimum absolute atomic E-state index is 0.342. The number of allylic oxidation sites excluding steroid dienone is 1. The Morgan fingerprint density at radius 1 is 0.614 bits per heavy atom. The van der Waals surface area contributed by atoms with Crippen LogP contribution in [0.4, 0.5) is 0 Å². The Kier molecular flexibility index (Phi) is 11.3. The fourth-order valence-electron chi connectivity index (χ4n) is 5.44. The lowest BCUT2D eigenvalue weighted by Crippen LogP contribution is -2.11. The van der Waals surface area contributed by atoms with Crippen LogP contribution in [0.5, 0.6) is 0 Å². The molecule has 44 heavy (non-hydrogen) atoms. The molecule has 0 radical (unpaired) electrons. The van der Waals surface area contributed by atoms with Crippen LogP contribution in [0.1, 0.15) is 52.2 Å². The lowest BCUT2D eigenvalue weighted by atomic mass is 9.91. The van der Waals surface area contributed by atoms with Gasteiger partial charge < -0.3 is 0 Å². The highest BCUT2D eigenvalue weighted by atomic mass is 35.5. The Morgan fingerprint density at radius 3 is 1.61 bits per heavy atom. The Labute approximate surface area is 268 Å². The molecule has 1 unspecified atom stereocenters. The van der Waals surface area contributed by atoms with Gasteiger partial charge in [0.1, 0.15) is 5.16 Å². The number of hydrogen-bond donors (Lipinski definition) is 0. The third-order valence-corrected chi connectivity index (χ3v) is 7.91. The van der Waals surface area contributed by atoms with Gasteiger partial charge in [-0.3, -0.25) is 0 Å². The fraction of sp³-hybridized carbons (Fsp3) is 0.167. The minimum Gasteiger partial charge on any atom is -0.241 e. The Bertz CT molecular complexity index is 1900. The molecule has 222 valence electrons. The first kappa shape index (κ1) is 32.5. The summed E-state index contributed by atoms with van der Waals surface area (Å²) in [6.07, 6.45) is 1.04. The van der Waals surface area contributed by atoms with Crippen molar-refractivity contribution >= 4 is 55.2 Å². The molecule has 6 rings (SSSR count). The summed E-state index contributed by atoms with van der Waals surface area (Å²) in [4.78, 5) is 4.31. The number of rotatable bonds is 6. The average Bonchev–Trinajstić information content (AvgIpc) is 3.08. The van der Waals surface area contributed by atoms with Crippen molar-refractivity contribution in [3.05, 3.63) is 151 Å². The zero-order valence-electron chi connectivity index (χ0n) is 26.6. The first-order valence-electron chi connectivity index (χ1n) is 15.4.